The van der Waals surface area contributed by atoms with E-state index < -0.39 is 0 Å². The van der Waals surface area contributed by atoms with E-state index in [9.17, 15) is 4.79 Å². The van der Waals surface area contributed by atoms with Crippen LogP contribution in [-0.2, 0) is 13.0 Å². The topological polar surface area (TPSA) is 33.2 Å². The quantitative estimate of drug-likeness (QED) is 0.753. The standard InChI is InChI=1S/C13H10Cl2N2OS/c14-11-5-9(6-12(15)16-11)13(18)17-3-1-10-8(7-17)2-4-19-10/h2,4-6H,1,3,7H2. The van der Waals surface area contributed by atoms with Gasteiger partial charge in [0.2, 0.25) is 0 Å². The van der Waals surface area contributed by atoms with Gasteiger partial charge in [0.25, 0.3) is 5.91 Å². The average molecular weight is 313 g/mol. The van der Waals surface area contributed by atoms with Crippen LogP contribution < -0.4 is 0 Å². The zero-order valence-electron chi connectivity index (χ0n) is 9.90. The highest BCUT2D eigenvalue weighted by atomic mass is 35.5. The van der Waals surface area contributed by atoms with Crippen molar-refractivity contribution >= 4 is 40.4 Å². The van der Waals surface area contributed by atoms with Crippen LogP contribution >= 0.6 is 34.5 Å². The summed E-state index contributed by atoms with van der Waals surface area (Å²) in [5.74, 6) is -0.0527. The van der Waals surface area contributed by atoms with Crippen LogP contribution in [0.1, 0.15) is 20.8 Å². The largest absolute Gasteiger partial charge is 0.334 e. The highest BCUT2D eigenvalue weighted by Gasteiger charge is 2.23. The van der Waals surface area contributed by atoms with Crippen LogP contribution in [0.5, 0.6) is 0 Å². The molecule has 0 radical (unpaired) electrons. The highest BCUT2D eigenvalue weighted by molar-refractivity contribution is 7.10. The Morgan fingerprint density at radius 1 is 1.32 bits per heavy atom. The van der Waals surface area contributed by atoms with Crippen molar-refractivity contribution in [3.05, 3.63) is 49.9 Å². The van der Waals surface area contributed by atoms with Crippen LogP contribution in [0.2, 0.25) is 10.3 Å². The van der Waals surface area contributed by atoms with Crippen LogP contribution in [-0.4, -0.2) is 22.3 Å². The summed E-state index contributed by atoms with van der Waals surface area (Å²) in [4.78, 5) is 19.5. The smallest absolute Gasteiger partial charge is 0.254 e. The Balaban J connectivity index is 1.85. The van der Waals surface area contributed by atoms with E-state index in [1.165, 1.54) is 10.4 Å². The molecule has 1 amide bonds. The van der Waals surface area contributed by atoms with Gasteiger partial charge in [-0.05, 0) is 35.6 Å². The summed E-state index contributed by atoms with van der Waals surface area (Å²) < 4.78 is 0. The van der Waals surface area contributed by atoms with Crippen LogP contribution in [0.3, 0.4) is 0 Å². The fourth-order valence-electron chi connectivity index (χ4n) is 2.19. The van der Waals surface area contributed by atoms with Crippen LogP contribution in [0.25, 0.3) is 0 Å². The second-order valence-corrected chi connectivity index (χ2v) is 6.12. The molecule has 0 spiro atoms. The molecule has 2 aromatic heterocycles. The summed E-state index contributed by atoms with van der Waals surface area (Å²) in [7, 11) is 0. The maximum atomic E-state index is 12.4. The van der Waals surface area contributed by atoms with Crippen LogP contribution in [0.15, 0.2) is 23.6 Å². The minimum Gasteiger partial charge on any atom is -0.334 e. The molecule has 1 aliphatic rings. The predicted molar refractivity (Wildman–Crippen MR) is 77.0 cm³/mol. The van der Waals surface area contributed by atoms with Gasteiger partial charge in [0.1, 0.15) is 10.3 Å². The molecule has 0 unspecified atom stereocenters. The van der Waals surface area contributed by atoms with Gasteiger partial charge in [-0.1, -0.05) is 23.2 Å². The van der Waals surface area contributed by atoms with Gasteiger partial charge in [0.15, 0.2) is 0 Å². The Labute approximate surface area is 124 Å². The SMILES string of the molecule is O=C(c1cc(Cl)nc(Cl)c1)N1CCc2sccc2C1. The monoisotopic (exact) mass is 312 g/mol. The third-order valence-corrected chi connectivity index (χ3v) is 4.51. The first-order valence-corrected chi connectivity index (χ1v) is 7.44. The van der Waals surface area contributed by atoms with Gasteiger partial charge in [-0.3, -0.25) is 4.79 Å². The van der Waals surface area contributed by atoms with E-state index in [1.54, 1.807) is 23.5 Å². The second kappa shape index (κ2) is 5.12. The highest BCUT2D eigenvalue weighted by Crippen LogP contribution is 2.25. The number of carbonyl (C=O) groups is 1. The van der Waals surface area contributed by atoms with E-state index in [4.69, 9.17) is 23.2 Å². The Morgan fingerprint density at radius 3 is 2.79 bits per heavy atom. The van der Waals surface area contributed by atoms with Crippen molar-refractivity contribution in [1.82, 2.24) is 9.88 Å². The van der Waals surface area contributed by atoms with Crippen LogP contribution in [0, 0.1) is 0 Å². The molecule has 2 aromatic rings. The molecule has 6 heteroatoms. The fraction of sp³-hybridized carbons (Fsp3) is 0.231. The van der Waals surface area contributed by atoms with Gasteiger partial charge in [0, 0.05) is 23.5 Å². The molecule has 0 bridgehead atoms. The maximum absolute atomic E-state index is 12.4. The average Bonchev–Trinajstić information content (AvgIpc) is 2.83. The maximum Gasteiger partial charge on any atom is 0.254 e. The number of hydrogen-bond acceptors (Lipinski definition) is 3. The van der Waals surface area contributed by atoms with Crippen molar-refractivity contribution in [3.8, 4) is 0 Å². The van der Waals surface area contributed by atoms with E-state index in [2.05, 4.69) is 16.4 Å². The van der Waals surface area contributed by atoms with Crippen molar-refractivity contribution in [2.24, 2.45) is 0 Å². The van der Waals surface area contributed by atoms with Gasteiger partial charge in [-0.2, -0.15) is 0 Å². The Hall–Kier alpha value is -1.10. The summed E-state index contributed by atoms with van der Waals surface area (Å²) in [5.41, 5.74) is 1.72. The molecule has 3 nitrogen and oxygen atoms in total. The summed E-state index contributed by atoms with van der Waals surface area (Å²) >= 11 is 13.4. The predicted octanol–water partition coefficient (Wildman–Crippen LogP) is 3.65. The molecule has 0 fully saturated rings. The van der Waals surface area contributed by atoms with Gasteiger partial charge in [-0.25, -0.2) is 4.98 Å². The van der Waals surface area contributed by atoms with Gasteiger partial charge < -0.3 is 4.90 Å². The molecule has 3 rings (SSSR count). The number of hydrogen-bond donors (Lipinski definition) is 0. The Morgan fingerprint density at radius 2 is 2.05 bits per heavy atom. The number of rotatable bonds is 1. The summed E-state index contributed by atoms with van der Waals surface area (Å²) in [6.07, 6.45) is 0.908. The van der Waals surface area contributed by atoms with Crippen molar-refractivity contribution in [2.75, 3.05) is 6.54 Å². The minimum atomic E-state index is -0.0527. The van der Waals surface area contributed by atoms with E-state index in [0.29, 0.717) is 12.1 Å². The molecule has 0 saturated carbocycles. The first-order valence-electron chi connectivity index (χ1n) is 5.81. The number of thiophene rings is 1. The number of pyridine rings is 1. The number of fused-ring (bicyclic) bond motifs is 1. The molecule has 0 aliphatic carbocycles. The van der Waals surface area contributed by atoms with Gasteiger partial charge in [0.05, 0.1) is 0 Å². The Bertz CT molecular complexity index is 621. The second-order valence-electron chi connectivity index (χ2n) is 4.35. The molecular weight excluding hydrogens is 303 g/mol. The molecule has 0 N–H and O–H groups in total. The fourth-order valence-corrected chi connectivity index (χ4v) is 3.54. The van der Waals surface area contributed by atoms with E-state index >= 15 is 0 Å². The molecule has 0 aromatic carbocycles. The zero-order valence-corrected chi connectivity index (χ0v) is 12.2. The number of aromatic nitrogens is 1. The van der Waals surface area contributed by atoms with Crippen molar-refractivity contribution in [2.45, 2.75) is 13.0 Å². The number of halogens is 2. The molecular formula is C13H10Cl2N2OS. The summed E-state index contributed by atoms with van der Waals surface area (Å²) in [6.45, 7) is 1.37. The first-order chi connectivity index (χ1) is 9.13. The van der Waals surface area contributed by atoms with Crippen LogP contribution in [0.4, 0.5) is 0 Å². The third kappa shape index (κ3) is 2.61. The summed E-state index contributed by atoms with van der Waals surface area (Å²) in [6, 6.07) is 5.18. The van der Waals surface area contributed by atoms with Gasteiger partial charge >= 0.3 is 0 Å². The van der Waals surface area contributed by atoms with Crippen molar-refractivity contribution in [1.29, 1.82) is 0 Å². The normalized spacial score (nSPS) is 14.3. The molecule has 98 valence electrons. The third-order valence-electron chi connectivity index (χ3n) is 3.10. The lowest BCUT2D eigenvalue weighted by Crippen LogP contribution is -2.35. The molecule has 3 heterocycles. The molecule has 1 aliphatic heterocycles. The lowest BCUT2D eigenvalue weighted by atomic mass is 10.1. The van der Waals surface area contributed by atoms with E-state index in [1.807, 2.05) is 4.90 Å². The minimum absolute atomic E-state index is 0.0527. The number of nitrogens with zero attached hydrogens (tertiary/aromatic N) is 2. The molecule has 0 saturated heterocycles. The molecule has 0 atom stereocenters. The summed E-state index contributed by atoms with van der Waals surface area (Å²) in [5, 5.41) is 2.55. The van der Waals surface area contributed by atoms with E-state index in [-0.39, 0.29) is 16.2 Å². The number of carbonyl (C=O) groups excluding carboxylic acids is 1. The number of amides is 1. The van der Waals surface area contributed by atoms with E-state index in [0.717, 1.165) is 13.0 Å². The molecule has 19 heavy (non-hydrogen) atoms. The van der Waals surface area contributed by atoms with Crippen molar-refractivity contribution in [3.63, 3.8) is 0 Å². The first kappa shape index (κ1) is 12.9. The lowest BCUT2D eigenvalue weighted by molar-refractivity contribution is 0.0736. The zero-order chi connectivity index (χ0) is 13.4. The van der Waals surface area contributed by atoms with Crippen molar-refractivity contribution < 1.29 is 4.79 Å². The Kier molecular flexibility index (Phi) is 3.48. The van der Waals surface area contributed by atoms with Gasteiger partial charge in [-0.15, -0.1) is 11.3 Å². The lowest BCUT2D eigenvalue weighted by Gasteiger charge is -2.27.